The summed E-state index contributed by atoms with van der Waals surface area (Å²) in [6.07, 6.45) is 1.75. The van der Waals surface area contributed by atoms with Crippen molar-refractivity contribution in [3.63, 3.8) is 0 Å². The molecule has 2 amide bonds. The van der Waals surface area contributed by atoms with E-state index >= 15 is 0 Å². The van der Waals surface area contributed by atoms with Crippen LogP contribution in [0.5, 0.6) is 0 Å². The lowest BCUT2D eigenvalue weighted by atomic mass is 10.1. The molecule has 2 aromatic carbocycles. The number of Topliss-reactive ketones (excluding diaryl/α,β-unsaturated/α-hetero) is 1. The van der Waals surface area contributed by atoms with Crippen molar-refractivity contribution in [2.24, 2.45) is 0 Å². The molecule has 0 unspecified atom stereocenters. The number of nitrogens with one attached hydrogen (secondary N) is 3. The van der Waals surface area contributed by atoms with Crippen LogP contribution in [-0.2, 0) is 0 Å². The Bertz CT molecular complexity index is 834. The van der Waals surface area contributed by atoms with Gasteiger partial charge in [-0.3, -0.25) is 4.79 Å². The van der Waals surface area contributed by atoms with Gasteiger partial charge in [0.2, 0.25) is 0 Å². The Morgan fingerprint density at radius 3 is 2.41 bits per heavy atom. The summed E-state index contributed by atoms with van der Waals surface area (Å²) in [5, 5.41) is 6.49. The molecule has 3 rings (SSSR count). The lowest BCUT2D eigenvalue weighted by Gasteiger charge is -2.07. The second-order valence-electron chi connectivity index (χ2n) is 4.96. The highest BCUT2D eigenvalue weighted by molar-refractivity contribution is 6.06. The first-order valence-corrected chi connectivity index (χ1v) is 6.88. The summed E-state index contributed by atoms with van der Waals surface area (Å²) >= 11 is 0. The number of aromatic nitrogens is 1. The molecule has 0 aliphatic carbocycles. The van der Waals surface area contributed by atoms with Crippen LogP contribution in [0.2, 0.25) is 0 Å². The number of anilines is 2. The number of hydrogen-bond donors (Lipinski definition) is 3. The van der Waals surface area contributed by atoms with Gasteiger partial charge >= 0.3 is 6.03 Å². The van der Waals surface area contributed by atoms with Gasteiger partial charge in [0.15, 0.2) is 5.78 Å². The first-order chi connectivity index (χ1) is 10.6. The zero-order valence-electron chi connectivity index (χ0n) is 12.0. The summed E-state index contributed by atoms with van der Waals surface area (Å²) in [6, 6.07) is 14.2. The fourth-order valence-corrected chi connectivity index (χ4v) is 2.25. The molecule has 0 bridgehead atoms. The minimum absolute atomic E-state index is 0.00482. The highest BCUT2D eigenvalue weighted by atomic mass is 16.2. The standard InChI is InChI=1S/C17H15N3O2/c1-11(21)12-6-8-13(9-7-12)19-17(22)20-16-10-18-15-5-3-2-4-14(15)16/h2-10,18H,1H3,(H2,19,20,22). The zero-order valence-corrected chi connectivity index (χ0v) is 12.0. The SMILES string of the molecule is CC(=O)c1ccc(NC(=O)Nc2c[nH]c3ccccc23)cc1. The summed E-state index contributed by atoms with van der Waals surface area (Å²) in [5.74, 6) is -0.00482. The van der Waals surface area contributed by atoms with E-state index in [4.69, 9.17) is 0 Å². The van der Waals surface area contributed by atoms with Crippen molar-refractivity contribution < 1.29 is 9.59 Å². The van der Waals surface area contributed by atoms with Crippen molar-refractivity contribution in [1.29, 1.82) is 0 Å². The third kappa shape index (κ3) is 2.83. The van der Waals surface area contributed by atoms with Crippen LogP contribution in [0, 0.1) is 0 Å². The molecule has 1 heterocycles. The molecule has 5 heteroatoms. The summed E-state index contributed by atoms with van der Waals surface area (Å²) in [5.41, 5.74) is 2.92. The van der Waals surface area contributed by atoms with Crippen LogP contribution in [0.4, 0.5) is 16.2 Å². The van der Waals surface area contributed by atoms with Gasteiger partial charge in [-0.25, -0.2) is 4.79 Å². The molecule has 3 aromatic rings. The molecular formula is C17H15N3O2. The zero-order chi connectivity index (χ0) is 15.5. The van der Waals surface area contributed by atoms with Crippen LogP contribution in [0.1, 0.15) is 17.3 Å². The maximum absolute atomic E-state index is 12.0. The van der Waals surface area contributed by atoms with E-state index in [1.807, 2.05) is 24.3 Å². The molecule has 0 saturated heterocycles. The minimum Gasteiger partial charge on any atom is -0.359 e. The normalized spacial score (nSPS) is 10.4. The highest BCUT2D eigenvalue weighted by Gasteiger charge is 2.07. The number of rotatable bonds is 3. The van der Waals surface area contributed by atoms with Crippen LogP contribution < -0.4 is 10.6 Å². The Labute approximate surface area is 127 Å². The van der Waals surface area contributed by atoms with Gasteiger partial charge < -0.3 is 15.6 Å². The number of para-hydroxylation sites is 1. The lowest BCUT2D eigenvalue weighted by molar-refractivity contribution is 0.101. The number of carbonyl (C=O) groups is 2. The topological polar surface area (TPSA) is 74.0 Å². The molecule has 22 heavy (non-hydrogen) atoms. The van der Waals surface area contributed by atoms with Gasteiger partial charge in [-0.1, -0.05) is 18.2 Å². The number of H-pyrrole nitrogens is 1. The van der Waals surface area contributed by atoms with Gasteiger partial charge in [0, 0.05) is 28.4 Å². The maximum Gasteiger partial charge on any atom is 0.323 e. The second kappa shape index (κ2) is 5.73. The van der Waals surface area contributed by atoms with Gasteiger partial charge in [-0.05, 0) is 37.3 Å². The quantitative estimate of drug-likeness (QED) is 0.638. The van der Waals surface area contributed by atoms with Crippen molar-refractivity contribution >= 4 is 34.1 Å². The Balaban J connectivity index is 1.71. The molecule has 0 aliphatic rings. The second-order valence-corrected chi connectivity index (χ2v) is 4.96. The lowest BCUT2D eigenvalue weighted by Crippen LogP contribution is -2.19. The molecular weight excluding hydrogens is 278 g/mol. The fourth-order valence-electron chi connectivity index (χ4n) is 2.25. The van der Waals surface area contributed by atoms with Gasteiger partial charge in [0.1, 0.15) is 0 Å². The Kier molecular flexibility index (Phi) is 3.62. The van der Waals surface area contributed by atoms with Crippen molar-refractivity contribution in [3.05, 3.63) is 60.3 Å². The summed E-state index contributed by atoms with van der Waals surface area (Å²) in [4.78, 5) is 26.3. The maximum atomic E-state index is 12.0. The van der Waals surface area contributed by atoms with E-state index in [-0.39, 0.29) is 11.8 Å². The first-order valence-electron chi connectivity index (χ1n) is 6.88. The third-order valence-corrected chi connectivity index (χ3v) is 3.39. The van der Waals surface area contributed by atoms with Crippen LogP contribution in [-0.4, -0.2) is 16.8 Å². The number of amides is 2. The van der Waals surface area contributed by atoms with Crippen LogP contribution in [0.15, 0.2) is 54.7 Å². The fraction of sp³-hybridized carbons (Fsp3) is 0.0588. The smallest absolute Gasteiger partial charge is 0.323 e. The van der Waals surface area contributed by atoms with Crippen molar-refractivity contribution in [1.82, 2.24) is 4.98 Å². The number of fused-ring (bicyclic) bond motifs is 1. The molecule has 0 fully saturated rings. The van der Waals surface area contributed by atoms with E-state index in [0.717, 1.165) is 10.9 Å². The van der Waals surface area contributed by atoms with Crippen LogP contribution in [0.25, 0.3) is 10.9 Å². The number of ketones is 1. The van der Waals surface area contributed by atoms with E-state index in [0.29, 0.717) is 16.9 Å². The molecule has 3 N–H and O–H groups in total. The van der Waals surface area contributed by atoms with Gasteiger partial charge in [0.25, 0.3) is 0 Å². The Morgan fingerprint density at radius 2 is 1.68 bits per heavy atom. The average molecular weight is 293 g/mol. The first kappa shape index (κ1) is 13.9. The van der Waals surface area contributed by atoms with Gasteiger partial charge in [0.05, 0.1) is 5.69 Å². The van der Waals surface area contributed by atoms with E-state index in [9.17, 15) is 9.59 Å². The predicted octanol–water partition coefficient (Wildman–Crippen LogP) is 4.01. The number of benzene rings is 2. The molecule has 0 radical (unpaired) electrons. The van der Waals surface area contributed by atoms with E-state index in [2.05, 4.69) is 15.6 Å². The van der Waals surface area contributed by atoms with Crippen molar-refractivity contribution in [3.8, 4) is 0 Å². The monoisotopic (exact) mass is 293 g/mol. The summed E-state index contributed by atoms with van der Waals surface area (Å²) in [7, 11) is 0. The van der Waals surface area contributed by atoms with Crippen molar-refractivity contribution in [2.45, 2.75) is 6.92 Å². The molecule has 5 nitrogen and oxygen atoms in total. The van der Waals surface area contributed by atoms with Crippen LogP contribution in [0.3, 0.4) is 0 Å². The summed E-state index contributed by atoms with van der Waals surface area (Å²) < 4.78 is 0. The number of carbonyl (C=O) groups excluding carboxylic acids is 2. The number of urea groups is 1. The van der Waals surface area contributed by atoms with E-state index < -0.39 is 0 Å². The van der Waals surface area contributed by atoms with Gasteiger partial charge in [-0.15, -0.1) is 0 Å². The minimum atomic E-state index is -0.333. The largest absolute Gasteiger partial charge is 0.359 e. The van der Waals surface area contributed by atoms with E-state index in [1.54, 1.807) is 30.5 Å². The molecule has 0 aliphatic heterocycles. The van der Waals surface area contributed by atoms with Crippen LogP contribution >= 0.6 is 0 Å². The van der Waals surface area contributed by atoms with E-state index in [1.165, 1.54) is 6.92 Å². The number of aromatic amines is 1. The highest BCUT2D eigenvalue weighted by Crippen LogP contribution is 2.22. The summed E-state index contributed by atoms with van der Waals surface area (Å²) in [6.45, 7) is 1.51. The predicted molar refractivity (Wildman–Crippen MR) is 87.4 cm³/mol. The molecule has 110 valence electrons. The Hall–Kier alpha value is -3.08. The van der Waals surface area contributed by atoms with Crippen molar-refractivity contribution in [2.75, 3.05) is 10.6 Å². The molecule has 1 aromatic heterocycles. The molecule has 0 atom stereocenters. The van der Waals surface area contributed by atoms with Gasteiger partial charge in [-0.2, -0.15) is 0 Å². The molecule has 0 saturated carbocycles. The Morgan fingerprint density at radius 1 is 0.955 bits per heavy atom. The number of hydrogen-bond acceptors (Lipinski definition) is 2. The third-order valence-electron chi connectivity index (χ3n) is 3.39. The average Bonchev–Trinajstić information content (AvgIpc) is 2.91. The molecule has 0 spiro atoms.